The second-order valence-corrected chi connectivity index (χ2v) is 11.5. The Bertz CT molecular complexity index is 1380. The van der Waals surface area contributed by atoms with E-state index in [1.807, 2.05) is 55.6 Å². The number of likely N-dealkylation sites (tertiary alicyclic amines) is 1. The summed E-state index contributed by atoms with van der Waals surface area (Å²) in [6.07, 6.45) is 0.763. The number of hydrogen-bond acceptors (Lipinski definition) is 4. The number of nitrogens with zero attached hydrogens (tertiary/aromatic N) is 1. The molecule has 0 spiro atoms. The van der Waals surface area contributed by atoms with Crippen LogP contribution in [0.5, 0.6) is 0 Å². The van der Waals surface area contributed by atoms with Gasteiger partial charge in [0.25, 0.3) is 5.91 Å². The van der Waals surface area contributed by atoms with Crippen LogP contribution in [0.2, 0.25) is 0 Å². The standard InChI is InChI=1S/C34H42FN3O4/c1-23(2)26-8-4-9-27(20-26)31-29(11-5-12-30(31)35)34(42,17-7-18-37-33(40)41)28-10-6-19-38(22-28)32(39)25-15-13-24(14-16-25)21-36-3/h4-5,8-9,11-16,20,23,28,36-37,42H,6-7,10,17-19,21-22H2,1-3H3,(H,40,41)/t28-,34?/m1/s1. The highest BCUT2D eigenvalue weighted by Gasteiger charge is 2.43. The van der Waals surface area contributed by atoms with Gasteiger partial charge in [-0.2, -0.15) is 0 Å². The Balaban J connectivity index is 1.71. The quantitative estimate of drug-likeness (QED) is 0.206. The minimum absolute atomic E-state index is 0.102. The van der Waals surface area contributed by atoms with Gasteiger partial charge in [0.05, 0.1) is 5.60 Å². The molecule has 4 rings (SSSR count). The van der Waals surface area contributed by atoms with Crippen LogP contribution >= 0.6 is 0 Å². The number of nitrogens with one attached hydrogen (secondary N) is 2. The van der Waals surface area contributed by atoms with Gasteiger partial charge in [-0.05, 0) is 79.1 Å². The summed E-state index contributed by atoms with van der Waals surface area (Å²) < 4.78 is 15.7. The molecule has 3 aromatic rings. The fraction of sp³-hybridized carbons (Fsp3) is 0.412. The van der Waals surface area contributed by atoms with E-state index in [0.717, 1.165) is 11.1 Å². The second-order valence-electron chi connectivity index (χ2n) is 11.5. The fourth-order valence-corrected chi connectivity index (χ4v) is 6.05. The van der Waals surface area contributed by atoms with E-state index in [0.29, 0.717) is 61.2 Å². The van der Waals surface area contributed by atoms with E-state index in [2.05, 4.69) is 24.5 Å². The molecule has 1 saturated heterocycles. The van der Waals surface area contributed by atoms with Crippen LogP contribution in [-0.2, 0) is 12.1 Å². The van der Waals surface area contributed by atoms with Crippen molar-refractivity contribution in [3.63, 3.8) is 0 Å². The van der Waals surface area contributed by atoms with Gasteiger partial charge in [0.1, 0.15) is 5.82 Å². The number of rotatable bonds is 11. The molecule has 1 fully saturated rings. The summed E-state index contributed by atoms with van der Waals surface area (Å²) in [5, 5.41) is 27.2. The van der Waals surface area contributed by atoms with Crippen LogP contribution in [0.1, 0.15) is 72.5 Å². The highest BCUT2D eigenvalue weighted by Crippen LogP contribution is 2.44. The molecular formula is C34H42FN3O4. The van der Waals surface area contributed by atoms with Crippen molar-refractivity contribution in [3.05, 3.63) is 94.8 Å². The van der Waals surface area contributed by atoms with Crippen LogP contribution in [0.4, 0.5) is 9.18 Å². The molecule has 0 aliphatic carbocycles. The molecule has 1 unspecified atom stereocenters. The highest BCUT2D eigenvalue weighted by molar-refractivity contribution is 5.94. The summed E-state index contributed by atoms with van der Waals surface area (Å²) in [5.74, 6) is -0.667. The number of carbonyl (C=O) groups excluding carboxylic acids is 1. The topological polar surface area (TPSA) is 102 Å². The molecular weight excluding hydrogens is 533 g/mol. The third-order valence-corrected chi connectivity index (χ3v) is 8.30. The summed E-state index contributed by atoms with van der Waals surface area (Å²) >= 11 is 0. The van der Waals surface area contributed by atoms with Gasteiger partial charge in [0, 0.05) is 43.2 Å². The van der Waals surface area contributed by atoms with Crippen LogP contribution < -0.4 is 10.6 Å². The van der Waals surface area contributed by atoms with Gasteiger partial charge in [-0.3, -0.25) is 4.79 Å². The number of hydrogen-bond donors (Lipinski definition) is 4. The Labute approximate surface area is 247 Å². The van der Waals surface area contributed by atoms with Gasteiger partial charge in [0.15, 0.2) is 0 Å². The van der Waals surface area contributed by atoms with Crippen LogP contribution in [0.25, 0.3) is 11.1 Å². The highest BCUT2D eigenvalue weighted by atomic mass is 19.1. The molecule has 7 nitrogen and oxygen atoms in total. The molecule has 1 heterocycles. The van der Waals surface area contributed by atoms with Crippen molar-refractivity contribution >= 4 is 12.0 Å². The fourth-order valence-electron chi connectivity index (χ4n) is 6.05. The molecule has 42 heavy (non-hydrogen) atoms. The van der Waals surface area contributed by atoms with Crippen LogP contribution in [-0.4, -0.2) is 53.8 Å². The Morgan fingerprint density at radius 1 is 1.10 bits per heavy atom. The molecule has 0 radical (unpaired) electrons. The molecule has 8 heteroatoms. The zero-order valence-corrected chi connectivity index (χ0v) is 24.7. The van der Waals surface area contributed by atoms with Crippen LogP contribution in [0, 0.1) is 11.7 Å². The van der Waals surface area contributed by atoms with Crippen molar-refractivity contribution in [1.29, 1.82) is 0 Å². The zero-order chi connectivity index (χ0) is 30.3. The van der Waals surface area contributed by atoms with Gasteiger partial charge in [-0.15, -0.1) is 0 Å². The number of amides is 2. The zero-order valence-electron chi connectivity index (χ0n) is 24.7. The van der Waals surface area contributed by atoms with Gasteiger partial charge >= 0.3 is 6.09 Å². The molecule has 0 bridgehead atoms. The lowest BCUT2D eigenvalue weighted by Gasteiger charge is -2.43. The summed E-state index contributed by atoms with van der Waals surface area (Å²) in [5.41, 5.74) is 2.72. The monoisotopic (exact) mass is 575 g/mol. The van der Waals surface area contributed by atoms with E-state index < -0.39 is 17.5 Å². The van der Waals surface area contributed by atoms with E-state index in [-0.39, 0.29) is 30.7 Å². The first-order valence-electron chi connectivity index (χ1n) is 14.8. The summed E-state index contributed by atoms with van der Waals surface area (Å²) in [6, 6.07) is 20.0. The number of carboxylic acid groups (broad SMARTS) is 1. The summed E-state index contributed by atoms with van der Waals surface area (Å²) in [7, 11) is 1.87. The maximum absolute atomic E-state index is 15.7. The Morgan fingerprint density at radius 2 is 1.83 bits per heavy atom. The summed E-state index contributed by atoms with van der Waals surface area (Å²) in [4.78, 5) is 26.4. The molecule has 4 N–H and O–H groups in total. The largest absolute Gasteiger partial charge is 0.465 e. The maximum Gasteiger partial charge on any atom is 0.404 e. The van der Waals surface area contributed by atoms with E-state index >= 15 is 4.39 Å². The van der Waals surface area contributed by atoms with Crippen molar-refractivity contribution in [2.45, 2.75) is 57.6 Å². The third-order valence-electron chi connectivity index (χ3n) is 8.30. The van der Waals surface area contributed by atoms with Gasteiger partial charge in [-0.25, -0.2) is 9.18 Å². The lowest BCUT2D eigenvalue weighted by atomic mass is 9.72. The summed E-state index contributed by atoms with van der Waals surface area (Å²) in [6.45, 7) is 5.89. The molecule has 2 atom stereocenters. The molecule has 0 saturated carbocycles. The maximum atomic E-state index is 15.7. The molecule has 2 amide bonds. The van der Waals surface area contributed by atoms with Gasteiger partial charge in [0.2, 0.25) is 0 Å². The minimum atomic E-state index is -1.50. The van der Waals surface area contributed by atoms with E-state index in [9.17, 15) is 14.7 Å². The van der Waals surface area contributed by atoms with E-state index in [4.69, 9.17) is 5.11 Å². The second kappa shape index (κ2) is 13.9. The molecule has 1 aliphatic heterocycles. The minimum Gasteiger partial charge on any atom is -0.465 e. The number of benzene rings is 3. The van der Waals surface area contributed by atoms with Gasteiger partial charge in [-0.1, -0.05) is 62.4 Å². The molecule has 0 aromatic heterocycles. The van der Waals surface area contributed by atoms with Crippen molar-refractivity contribution in [2.24, 2.45) is 5.92 Å². The molecule has 1 aliphatic rings. The average Bonchev–Trinajstić information content (AvgIpc) is 2.99. The smallest absolute Gasteiger partial charge is 0.404 e. The lowest BCUT2D eigenvalue weighted by molar-refractivity contribution is -0.0564. The first-order valence-corrected chi connectivity index (χ1v) is 14.8. The van der Waals surface area contributed by atoms with Crippen LogP contribution in [0.3, 0.4) is 0 Å². The number of aliphatic hydroxyl groups is 1. The Morgan fingerprint density at radius 3 is 2.52 bits per heavy atom. The first-order chi connectivity index (χ1) is 20.1. The predicted octanol–water partition coefficient (Wildman–Crippen LogP) is 6.12. The van der Waals surface area contributed by atoms with Crippen molar-refractivity contribution in [2.75, 3.05) is 26.7 Å². The Kier molecular flexibility index (Phi) is 10.4. The number of halogens is 1. The SMILES string of the molecule is CNCc1ccc(C(=O)N2CCC[C@@H](C(O)(CCCNC(=O)O)c3cccc(F)c3-c3cccc(C(C)C)c3)C2)cc1. The number of piperidine rings is 1. The van der Waals surface area contributed by atoms with E-state index in [1.54, 1.807) is 17.0 Å². The number of carbonyl (C=O) groups is 2. The van der Waals surface area contributed by atoms with Crippen LogP contribution in [0.15, 0.2) is 66.7 Å². The van der Waals surface area contributed by atoms with Gasteiger partial charge < -0.3 is 25.7 Å². The normalized spacial score (nSPS) is 16.7. The lowest BCUT2D eigenvalue weighted by Crippen LogP contribution is -2.48. The first kappa shape index (κ1) is 31.2. The Hall–Kier alpha value is -3.75. The van der Waals surface area contributed by atoms with Crippen molar-refractivity contribution < 1.29 is 24.2 Å². The molecule has 3 aromatic carbocycles. The van der Waals surface area contributed by atoms with Crippen molar-refractivity contribution in [1.82, 2.24) is 15.5 Å². The average molecular weight is 576 g/mol. The van der Waals surface area contributed by atoms with E-state index in [1.165, 1.54) is 6.07 Å². The molecule has 224 valence electrons. The third kappa shape index (κ3) is 7.17. The predicted molar refractivity (Wildman–Crippen MR) is 163 cm³/mol. The van der Waals surface area contributed by atoms with Crippen molar-refractivity contribution in [3.8, 4) is 11.1 Å².